The molecule has 0 atom stereocenters. The van der Waals surface area contributed by atoms with Gasteiger partial charge in [0.15, 0.2) is 15.7 Å². The molecule has 1 saturated heterocycles. The topological polar surface area (TPSA) is 137 Å². The van der Waals surface area contributed by atoms with Crippen molar-refractivity contribution in [3.8, 4) is 11.4 Å². The maximum absolute atomic E-state index is 13.9. The van der Waals surface area contributed by atoms with Crippen LogP contribution in [0.4, 0.5) is 10.1 Å². The van der Waals surface area contributed by atoms with Gasteiger partial charge in [0, 0.05) is 48.6 Å². The maximum atomic E-state index is 13.9. The molecule has 1 aromatic heterocycles. The molecule has 4 aromatic rings. The predicted octanol–water partition coefficient (Wildman–Crippen LogP) is 3.44. The molecule has 2 fully saturated rings. The molecule has 222 valence electrons. The molecular formula is C31H31FN6O4S. The number of aromatic amines is 1. The first kappa shape index (κ1) is 28.7. The highest BCUT2D eigenvalue weighted by Crippen LogP contribution is 2.47. The van der Waals surface area contributed by atoms with Gasteiger partial charge >= 0.3 is 0 Å². The van der Waals surface area contributed by atoms with E-state index in [1.54, 1.807) is 48.5 Å². The average molecular weight is 603 g/mol. The van der Waals surface area contributed by atoms with Crippen LogP contribution >= 0.6 is 0 Å². The minimum absolute atomic E-state index is 0.0938. The third-order valence-electron chi connectivity index (χ3n) is 7.95. The lowest BCUT2D eigenvalue weighted by atomic mass is 10.1. The quantitative estimate of drug-likeness (QED) is 0.267. The number of nitrogens with zero attached hydrogens (tertiary/aromatic N) is 3. The first-order valence-electron chi connectivity index (χ1n) is 14.1. The molecule has 1 aliphatic carbocycles. The second-order valence-corrected chi connectivity index (χ2v) is 13.3. The zero-order valence-electron chi connectivity index (χ0n) is 23.3. The van der Waals surface area contributed by atoms with Crippen molar-refractivity contribution in [2.75, 3.05) is 29.9 Å². The third-order valence-corrected chi connectivity index (χ3v) is 9.56. The Balaban J connectivity index is 1.06. The number of nitrogens with one attached hydrogen (secondary N) is 3. The standard InChI is InChI=1S/C31H31FN6O4S/c32-26-7-2-1-5-24(26)19-33-30(40)31(12-13-31)29-35-27(36-37-29)22-8-10-25(11-9-22)34-28(39)23-6-3-4-21(18-23)20-38-14-16-43(41,42)17-15-38/h1-11,18H,12-17,19-20H2,(H,33,40)(H,34,39)(H,35,36,37). The van der Waals surface area contributed by atoms with Crippen LogP contribution in [0.1, 0.15) is 40.2 Å². The van der Waals surface area contributed by atoms with Crippen LogP contribution < -0.4 is 10.6 Å². The van der Waals surface area contributed by atoms with Crippen molar-refractivity contribution in [2.45, 2.75) is 31.3 Å². The van der Waals surface area contributed by atoms with Crippen LogP contribution in [0.2, 0.25) is 0 Å². The van der Waals surface area contributed by atoms with Crippen LogP contribution in [0, 0.1) is 5.82 Å². The van der Waals surface area contributed by atoms with E-state index >= 15 is 0 Å². The van der Waals surface area contributed by atoms with Crippen molar-refractivity contribution >= 4 is 27.3 Å². The minimum Gasteiger partial charge on any atom is -0.351 e. The van der Waals surface area contributed by atoms with Crippen LogP contribution in [0.5, 0.6) is 0 Å². The number of H-pyrrole nitrogens is 1. The summed E-state index contributed by atoms with van der Waals surface area (Å²) in [6, 6.07) is 20.7. The Hall–Kier alpha value is -4.42. The van der Waals surface area contributed by atoms with E-state index in [9.17, 15) is 22.4 Å². The van der Waals surface area contributed by atoms with Gasteiger partial charge in [0.1, 0.15) is 17.1 Å². The molecule has 3 N–H and O–H groups in total. The van der Waals surface area contributed by atoms with Crippen molar-refractivity contribution in [3.05, 3.63) is 101 Å². The monoisotopic (exact) mass is 602 g/mol. The molecule has 2 aliphatic rings. The van der Waals surface area contributed by atoms with E-state index in [4.69, 9.17) is 0 Å². The van der Waals surface area contributed by atoms with Gasteiger partial charge in [-0.15, -0.1) is 0 Å². The molecule has 6 rings (SSSR count). The van der Waals surface area contributed by atoms with Gasteiger partial charge in [-0.1, -0.05) is 30.3 Å². The number of aromatic nitrogens is 3. The molecule has 12 heteroatoms. The van der Waals surface area contributed by atoms with Crippen molar-refractivity contribution in [1.82, 2.24) is 25.4 Å². The maximum Gasteiger partial charge on any atom is 0.255 e. The van der Waals surface area contributed by atoms with E-state index in [0.29, 0.717) is 66.5 Å². The SMILES string of the molecule is O=C(Nc1ccc(-c2n[nH]c(C3(C(=O)NCc4ccccc4F)CC3)n2)cc1)c1cccc(CN2CCS(=O)(=O)CC2)c1. The smallest absolute Gasteiger partial charge is 0.255 e. The molecule has 0 bridgehead atoms. The predicted molar refractivity (Wildman–Crippen MR) is 159 cm³/mol. The lowest BCUT2D eigenvalue weighted by Crippen LogP contribution is -2.39. The van der Waals surface area contributed by atoms with E-state index in [-0.39, 0.29) is 35.7 Å². The lowest BCUT2D eigenvalue weighted by molar-refractivity contribution is -0.123. The highest BCUT2D eigenvalue weighted by molar-refractivity contribution is 7.91. The molecule has 1 saturated carbocycles. The number of hydrogen-bond donors (Lipinski definition) is 3. The summed E-state index contributed by atoms with van der Waals surface area (Å²) in [7, 11) is -2.95. The Bertz CT molecular complexity index is 1750. The van der Waals surface area contributed by atoms with E-state index in [2.05, 4.69) is 30.7 Å². The first-order chi connectivity index (χ1) is 20.7. The molecule has 0 unspecified atom stereocenters. The largest absolute Gasteiger partial charge is 0.351 e. The van der Waals surface area contributed by atoms with Crippen LogP contribution in [0.15, 0.2) is 72.8 Å². The second kappa shape index (κ2) is 11.7. The van der Waals surface area contributed by atoms with Crippen LogP contribution in [-0.2, 0) is 33.1 Å². The lowest BCUT2D eigenvalue weighted by Gasteiger charge is -2.26. The van der Waals surface area contributed by atoms with E-state index in [0.717, 1.165) is 5.56 Å². The number of carbonyl (C=O) groups excluding carboxylic acids is 2. The van der Waals surface area contributed by atoms with Gasteiger partial charge in [-0.3, -0.25) is 19.6 Å². The Morgan fingerprint density at radius 3 is 2.44 bits per heavy atom. The van der Waals surface area contributed by atoms with Gasteiger partial charge in [-0.25, -0.2) is 17.8 Å². The normalized spacial score (nSPS) is 17.2. The fourth-order valence-corrected chi connectivity index (χ4v) is 6.45. The summed E-state index contributed by atoms with van der Waals surface area (Å²) in [5.41, 5.74) is 2.38. The zero-order chi connectivity index (χ0) is 30.0. The Kier molecular flexibility index (Phi) is 7.80. The molecule has 2 heterocycles. The summed E-state index contributed by atoms with van der Waals surface area (Å²) in [5, 5.41) is 12.9. The van der Waals surface area contributed by atoms with Crippen LogP contribution in [0.25, 0.3) is 11.4 Å². The fourth-order valence-electron chi connectivity index (χ4n) is 5.17. The number of halogens is 1. The van der Waals surface area contributed by atoms with E-state index in [1.165, 1.54) is 6.07 Å². The molecule has 0 radical (unpaired) electrons. The Morgan fingerprint density at radius 1 is 0.977 bits per heavy atom. The van der Waals surface area contributed by atoms with Crippen molar-refractivity contribution < 1.29 is 22.4 Å². The number of benzene rings is 3. The van der Waals surface area contributed by atoms with Gasteiger partial charge in [-0.2, -0.15) is 5.10 Å². The summed E-state index contributed by atoms with van der Waals surface area (Å²) in [4.78, 5) is 32.6. The Morgan fingerprint density at radius 2 is 1.72 bits per heavy atom. The molecular weight excluding hydrogens is 571 g/mol. The third kappa shape index (κ3) is 6.50. The van der Waals surface area contributed by atoms with E-state index < -0.39 is 15.3 Å². The van der Waals surface area contributed by atoms with Crippen molar-refractivity contribution in [1.29, 1.82) is 0 Å². The number of carbonyl (C=O) groups is 2. The van der Waals surface area contributed by atoms with Gasteiger partial charge in [0.2, 0.25) is 5.91 Å². The summed E-state index contributed by atoms with van der Waals surface area (Å²) >= 11 is 0. The molecule has 2 amide bonds. The molecule has 10 nitrogen and oxygen atoms in total. The Labute approximate surface area is 248 Å². The van der Waals surface area contributed by atoms with Gasteiger partial charge in [0.25, 0.3) is 5.91 Å². The number of sulfone groups is 1. The summed E-state index contributed by atoms with van der Waals surface area (Å²) < 4.78 is 37.3. The summed E-state index contributed by atoms with van der Waals surface area (Å²) in [6.45, 7) is 1.65. The minimum atomic E-state index is -2.95. The average Bonchev–Trinajstić information content (AvgIpc) is 3.67. The van der Waals surface area contributed by atoms with Crippen LogP contribution in [-0.4, -0.2) is 64.9 Å². The number of rotatable bonds is 9. The van der Waals surface area contributed by atoms with E-state index in [1.807, 2.05) is 18.2 Å². The highest BCUT2D eigenvalue weighted by Gasteiger charge is 2.54. The second-order valence-electron chi connectivity index (χ2n) is 11.0. The van der Waals surface area contributed by atoms with Gasteiger partial charge in [0.05, 0.1) is 11.5 Å². The number of anilines is 1. The zero-order valence-corrected chi connectivity index (χ0v) is 24.2. The molecule has 1 aliphatic heterocycles. The van der Waals surface area contributed by atoms with Gasteiger partial charge in [-0.05, 0) is 60.9 Å². The van der Waals surface area contributed by atoms with Crippen molar-refractivity contribution in [2.24, 2.45) is 0 Å². The van der Waals surface area contributed by atoms with Gasteiger partial charge < -0.3 is 10.6 Å². The fraction of sp³-hybridized carbons (Fsp3) is 0.290. The number of amides is 2. The first-order valence-corrected chi connectivity index (χ1v) is 15.9. The van der Waals surface area contributed by atoms with Crippen molar-refractivity contribution in [3.63, 3.8) is 0 Å². The number of hydrogen-bond acceptors (Lipinski definition) is 7. The van der Waals surface area contributed by atoms with Crippen LogP contribution in [0.3, 0.4) is 0 Å². The highest BCUT2D eigenvalue weighted by atomic mass is 32.2. The summed E-state index contributed by atoms with van der Waals surface area (Å²) in [5.74, 6) is 0.377. The molecule has 0 spiro atoms. The summed E-state index contributed by atoms with van der Waals surface area (Å²) in [6.07, 6.45) is 1.24. The molecule has 43 heavy (non-hydrogen) atoms. The molecule has 3 aromatic carbocycles.